The number of hydrogen-bond acceptors (Lipinski definition) is 4. The van der Waals surface area contributed by atoms with Gasteiger partial charge in [-0.3, -0.25) is 9.10 Å². The number of carbonyl (C=O) groups excluding carboxylic acids is 1. The van der Waals surface area contributed by atoms with Crippen LogP contribution >= 0.6 is 0 Å². The molecule has 7 heteroatoms. The Kier molecular flexibility index (Phi) is 5.46. The van der Waals surface area contributed by atoms with Gasteiger partial charge in [0.2, 0.25) is 0 Å². The standard InChI is InChI=1S/C17H20N2O4S/c1-4-18-17(20)13-9-11-14(12-10-13)24(21,22)19(2)15-7-5-6-8-16(15)23-3/h5-12H,4H2,1-3H3,(H,18,20). The van der Waals surface area contributed by atoms with Gasteiger partial charge in [0.15, 0.2) is 0 Å². The molecular formula is C17H20N2O4S. The van der Waals surface area contributed by atoms with Gasteiger partial charge < -0.3 is 10.1 Å². The highest BCUT2D eigenvalue weighted by Crippen LogP contribution is 2.30. The molecule has 1 N–H and O–H groups in total. The van der Waals surface area contributed by atoms with E-state index < -0.39 is 10.0 Å². The lowest BCUT2D eigenvalue weighted by Crippen LogP contribution is -2.27. The van der Waals surface area contributed by atoms with E-state index in [2.05, 4.69) is 5.32 Å². The van der Waals surface area contributed by atoms with Crippen molar-refractivity contribution in [2.24, 2.45) is 0 Å². The number of methoxy groups -OCH3 is 1. The molecule has 0 atom stereocenters. The Morgan fingerprint density at radius 2 is 1.75 bits per heavy atom. The Morgan fingerprint density at radius 1 is 1.12 bits per heavy atom. The number of amides is 1. The first-order valence-electron chi connectivity index (χ1n) is 7.42. The minimum atomic E-state index is -3.76. The van der Waals surface area contributed by atoms with E-state index in [1.807, 2.05) is 6.92 Å². The van der Waals surface area contributed by atoms with Crippen LogP contribution in [0.15, 0.2) is 53.4 Å². The van der Waals surface area contributed by atoms with Crippen LogP contribution in [0.4, 0.5) is 5.69 Å². The second-order valence-electron chi connectivity index (χ2n) is 5.03. The Hall–Kier alpha value is -2.54. The lowest BCUT2D eigenvalue weighted by Gasteiger charge is -2.21. The van der Waals surface area contributed by atoms with E-state index in [0.717, 1.165) is 4.31 Å². The van der Waals surface area contributed by atoms with E-state index in [0.29, 0.717) is 23.5 Å². The Labute approximate surface area is 142 Å². The molecule has 24 heavy (non-hydrogen) atoms. The van der Waals surface area contributed by atoms with Gasteiger partial charge in [-0.05, 0) is 43.3 Å². The van der Waals surface area contributed by atoms with Crippen molar-refractivity contribution in [1.82, 2.24) is 5.32 Å². The summed E-state index contributed by atoms with van der Waals surface area (Å²) in [5.41, 5.74) is 0.851. The molecule has 0 bridgehead atoms. The third-order valence-electron chi connectivity index (χ3n) is 3.54. The lowest BCUT2D eigenvalue weighted by atomic mass is 10.2. The SMILES string of the molecule is CCNC(=O)c1ccc(S(=O)(=O)N(C)c2ccccc2OC)cc1. The molecule has 2 aromatic rings. The molecule has 128 valence electrons. The minimum absolute atomic E-state index is 0.101. The first kappa shape index (κ1) is 17.8. The molecular weight excluding hydrogens is 328 g/mol. The van der Waals surface area contributed by atoms with Crippen molar-refractivity contribution in [3.63, 3.8) is 0 Å². The topological polar surface area (TPSA) is 75.7 Å². The van der Waals surface area contributed by atoms with E-state index in [1.165, 1.54) is 38.4 Å². The first-order chi connectivity index (χ1) is 11.4. The maximum absolute atomic E-state index is 12.8. The molecule has 0 heterocycles. The summed E-state index contributed by atoms with van der Waals surface area (Å²) >= 11 is 0. The van der Waals surface area contributed by atoms with E-state index in [9.17, 15) is 13.2 Å². The van der Waals surface area contributed by atoms with Crippen molar-refractivity contribution >= 4 is 21.6 Å². The van der Waals surface area contributed by atoms with Crippen molar-refractivity contribution in [2.75, 3.05) is 25.0 Å². The van der Waals surface area contributed by atoms with Crippen LogP contribution in [-0.2, 0) is 10.0 Å². The van der Waals surface area contributed by atoms with E-state index in [4.69, 9.17) is 4.74 Å². The van der Waals surface area contributed by atoms with Crippen molar-refractivity contribution in [1.29, 1.82) is 0 Å². The molecule has 0 saturated carbocycles. The van der Waals surface area contributed by atoms with Crippen molar-refractivity contribution in [3.05, 3.63) is 54.1 Å². The summed E-state index contributed by atoms with van der Waals surface area (Å²) in [5, 5.41) is 2.67. The molecule has 0 unspecified atom stereocenters. The van der Waals surface area contributed by atoms with Crippen LogP contribution in [0.3, 0.4) is 0 Å². The zero-order chi connectivity index (χ0) is 17.7. The van der Waals surface area contributed by atoms with E-state index >= 15 is 0 Å². The Balaban J connectivity index is 2.34. The summed E-state index contributed by atoms with van der Waals surface area (Å²) in [7, 11) is -0.808. The molecule has 1 amide bonds. The molecule has 0 aliphatic heterocycles. The predicted molar refractivity (Wildman–Crippen MR) is 93.0 cm³/mol. The molecule has 0 aromatic heterocycles. The van der Waals surface area contributed by atoms with Gasteiger partial charge in [0.1, 0.15) is 5.75 Å². The van der Waals surface area contributed by atoms with Gasteiger partial charge in [0.05, 0.1) is 17.7 Å². The number of sulfonamides is 1. The molecule has 0 fully saturated rings. The number of benzene rings is 2. The van der Waals surface area contributed by atoms with Crippen molar-refractivity contribution < 1.29 is 17.9 Å². The molecule has 0 aliphatic carbocycles. The van der Waals surface area contributed by atoms with Crippen molar-refractivity contribution in [2.45, 2.75) is 11.8 Å². The van der Waals surface area contributed by atoms with Crippen LogP contribution in [0.2, 0.25) is 0 Å². The van der Waals surface area contributed by atoms with Gasteiger partial charge in [0.25, 0.3) is 15.9 Å². The van der Waals surface area contributed by atoms with E-state index in [-0.39, 0.29) is 10.8 Å². The number of nitrogens with zero attached hydrogens (tertiary/aromatic N) is 1. The summed E-state index contributed by atoms with van der Waals surface area (Å²) in [5.74, 6) is 0.224. The highest BCUT2D eigenvalue weighted by Gasteiger charge is 2.23. The van der Waals surface area contributed by atoms with Gasteiger partial charge in [-0.25, -0.2) is 8.42 Å². The van der Waals surface area contributed by atoms with Crippen LogP contribution < -0.4 is 14.4 Å². The van der Waals surface area contributed by atoms with Crippen molar-refractivity contribution in [3.8, 4) is 5.75 Å². The zero-order valence-corrected chi connectivity index (χ0v) is 14.6. The average molecular weight is 348 g/mol. The Morgan fingerprint density at radius 3 is 2.33 bits per heavy atom. The molecule has 0 radical (unpaired) electrons. The third kappa shape index (κ3) is 3.51. The number of ether oxygens (including phenoxy) is 1. The molecule has 2 rings (SSSR count). The van der Waals surface area contributed by atoms with E-state index in [1.54, 1.807) is 24.3 Å². The normalized spacial score (nSPS) is 11.0. The second kappa shape index (κ2) is 7.35. The quantitative estimate of drug-likeness (QED) is 0.869. The van der Waals surface area contributed by atoms with Crippen LogP contribution in [-0.4, -0.2) is 35.0 Å². The third-order valence-corrected chi connectivity index (χ3v) is 5.32. The number of carbonyl (C=O) groups is 1. The fourth-order valence-electron chi connectivity index (χ4n) is 2.22. The van der Waals surface area contributed by atoms with Crippen LogP contribution in [0, 0.1) is 0 Å². The van der Waals surface area contributed by atoms with Crippen LogP contribution in [0.5, 0.6) is 5.75 Å². The maximum Gasteiger partial charge on any atom is 0.264 e. The molecule has 0 aliphatic rings. The highest BCUT2D eigenvalue weighted by atomic mass is 32.2. The molecule has 6 nitrogen and oxygen atoms in total. The summed E-state index contributed by atoms with van der Waals surface area (Å²) in [4.78, 5) is 11.9. The second-order valence-corrected chi connectivity index (χ2v) is 7.00. The van der Waals surface area contributed by atoms with Crippen LogP contribution in [0.25, 0.3) is 0 Å². The van der Waals surface area contributed by atoms with Gasteiger partial charge in [-0.2, -0.15) is 0 Å². The fourth-order valence-corrected chi connectivity index (χ4v) is 3.42. The van der Waals surface area contributed by atoms with Crippen LogP contribution in [0.1, 0.15) is 17.3 Å². The number of rotatable bonds is 6. The number of nitrogens with one attached hydrogen (secondary N) is 1. The summed E-state index contributed by atoms with van der Waals surface area (Å²) in [6.07, 6.45) is 0. The summed E-state index contributed by atoms with van der Waals surface area (Å²) in [6, 6.07) is 12.7. The molecule has 0 spiro atoms. The fraction of sp³-hybridized carbons (Fsp3) is 0.235. The maximum atomic E-state index is 12.8. The van der Waals surface area contributed by atoms with Gasteiger partial charge >= 0.3 is 0 Å². The number of para-hydroxylation sites is 2. The first-order valence-corrected chi connectivity index (χ1v) is 8.86. The number of hydrogen-bond donors (Lipinski definition) is 1. The van der Waals surface area contributed by atoms with Gasteiger partial charge in [-0.15, -0.1) is 0 Å². The highest BCUT2D eigenvalue weighted by molar-refractivity contribution is 7.92. The average Bonchev–Trinajstić information content (AvgIpc) is 2.61. The minimum Gasteiger partial charge on any atom is -0.495 e. The Bertz CT molecular complexity index is 817. The largest absolute Gasteiger partial charge is 0.495 e. The van der Waals surface area contributed by atoms with Gasteiger partial charge in [0, 0.05) is 19.2 Å². The molecule has 0 saturated heterocycles. The van der Waals surface area contributed by atoms with Gasteiger partial charge in [-0.1, -0.05) is 12.1 Å². The zero-order valence-electron chi connectivity index (χ0n) is 13.8. The summed E-state index contributed by atoms with van der Waals surface area (Å²) in [6.45, 7) is 2.33. The smallest absolute Gasteiger partial charge is 0.264 e. The predicted octanol–water partition coefficient (Wildman–Crippen LogP) is 2.27. The summed E-state index contributed by atoms with van der Waals surface area (Å²) < 4.78 is 31.9. The molecule has 2 aromatic carbocycles. The number of anilines is 1. The lowest BCUT2D eigenvalue weighted by molar-refractivity contribution is 0.0955. The monoisotopic (exact) mass is 348 g/mol.